The molecular formula is C14H9F6NO. The summed E-state index contributed by atoms with van der Waals surface area (Å²) in [7, 11) is 1.03. The van der Waals surface area contributed by atoms with Gasteiger partial charge in [-0.25, -0.2) is 4.98 Å². The van der Waals surface area contributed by atoms with Crippen LogP contribution in [0.5, 0.6) is 5.88 Å². The molecule has 0 fully saturated rings. The van der Waals surface area contributed by atoms with Crippen LogP contribution in [0.4, 0.5) is 26.3 Å². The third kappa shape index (κ3) is 3.32. The van der Waals surface area contributed by atoms with E-state index in [1.54, 1.807) is 0 Å². The third-order valence-electron chi connectivity index (χ3n) is 2.87. The third-order valence-corrected chi connectivity index (χ3v) is 2.87. The number of benzene rings is 1. The Morgan fingerprint density at radius 2 is 1.59 bits per heavy atom. The van der Waals surface area contributed by atoms with Crippen molar-refractivity contribution in [2.75, 3.05) is 7.11 Å². The number of methoxy groups -OCH3 is 1. The van der Waals surface area contributed by atoms with Gasteiger partial charge >= 0.3 is 12.4 Å². The molecule has 0 saturated carbocycles. The lowest BCUT2D eigenvalue weighted by molar-refractivity contribution is -0.139. The van der Waals surface area contributed by atoms with Crippen LogP contribution in [-0.4, -0.2) is 12.1 Å². The van der Waals surface area contributed by atoms with Crippen molar-refractivity contribution in [2.24, 2.45) is 0 Å². The summed E-state index contributed by atoms with van der Waals surface area (Å²) in [6, 6.07) is 4.71. The van der Waals surface area contributed by atoms with E-state index in [-0.39, 0.29) is 11.1 Å². The molecule has 0 amide bonds. The molecule has 0 aliphatic carbocycles. The lowest BCUT2D eigenvalue weighted by Crippen LogP contribution is -2.09. The predicted molar refractivity (Wildman–Crippen MR) is 66.2 cm³/mol. The van der Waals surface area contributed by atoms with Crippen LogP contribution in [0.15, 0.2) is 36.5 Å². The van der Waals surface area contributed by atoms with E-state index in [0.29, 0.717) is 6.07 Å². The second kappa shape index (κ2) is 5.51. The van der Waals surface area contributed by atoms with E-state index in [2.05, 4.69) is 9.72 Å². The van der Waals surface area contributed by atoms with Crippen molar-refractivity contribution >= 4 is 0 Å². The van der Waals surface area contributed by atoms with E-state index in [1.165, 1.54) is 6.07 Å². The summed E-state index contributed by atoms with van der Waals surface area (Å²) in [5, 5.41) is 0. The summed E-state index contributed by atoms with van der Waals surface area (Å²) in [5.74, 6) is -0.636. The molecule has 22 heavy (non-hydrogen) atoms. The summed E-state index contributed by atoms with van der Waals surface area (Å²) in [6.45, 7) is 0. The van der Waals surface area contributed by atoms with Crippen LogP contribution in [0.1, 0.15) is 11.1 Å². The van der Waals surface area contributed by atoms with Crippen LogP contribution in [0.25, 0.3) is 11.1 Å². The Morgan fingerprint density at radius 1 is 0.909 bits per heavy atom. The van der Waals surface area contributed by atoms with Gasteiger partial charge in [0.2, 0.25) is 5.88 Å². The van der Waals surface area contributed by atoms with Gasteiger partial charge in [0, 0.05) is 11.8 Å². The molecule has 0 bridgehead atoms. The summed E-state index contributed by atoms with van der Waals surface area (Å²) in [4.78, 5) is 3.51. The monoisotopic (exact) mass is 321 g/mol. The molecule has 1 heterocycles. The number of halogens is 6. The van der Waals surface area contributed by atoms with Crippen molar-refractivity contribution in [3.8, 4) is 17.0 Å². The highest BCUT2D eigenvalue weighted by Crippen LogP contribution is 2.38. The smallest absolute Gasteiger partial charge is 0.421 e. The second-order valence-corrected chi connectivity index (χ2v) is 4.36. The fourth-order valence-electron chi connectivity index (χ4n) is 1.85. The van der Waals surface area contributed by atoms with E-state index in [1.807, 2.05) is 0 Å². The second-order valence-electron chi connectivity index (χ2n) is 4.36. The zero-order valence-corrected chi connectivity index (χ0v) is 11.1. The van der Waals surface area contributed by atoms with Crippen molar-refractivity contribution in [2.45, 2.75) is 12.4 Å². The fraction of sp³-hybridized carbons (Fsp3) is 0.214. The Labute approximate surface area is 121 Å². The number of pyridine rings is 1. The molecule has 8 heteroatoms. The average molecular weight is 321 g/mol. The number of rotatable bonds is 2. The summed E-state index contributed by atoms with van der Waals surface area (Å²) >= 11 is 0. The molecule has 118 valence electrons. The van der Waals surface area contributed by atoms with Crippen molar-refractivity contribution in [3.05, 3.63) is 47.7 Å². The Kier molecular flexibility index (Phi) is 4.04. The average Bonchev–Trinajstić information content (AvgIpc) is 2.45. The molecule has 0 atom stereocenters. The number of hydrogen-bond donors (Lipinski definition) is 0. The fourth-order valence-corrected chi connectivity index (χ4v) is 1.85. The molecule has 2 nitrogen and oxygen atoms in total. The van der Waals surface area contributed by atoms with Crippen molar-refractivity contribution in [3.63, 3.8) is 0 Å². The van der Waals surface area contributed by atoms with Crippen LogP contribution in [-0.2, 0) is 12.4 Å². The Hall–Kier alpha value is -2.25. The molecular weight excluding hydrogens is 312 g/mol. The Bertz CT molecular complexity index is 678. The van der Waals surface area contributed by atoms with Gasteiger partial charge in [0.1, 0.15) is 5.56 Å². The normalized spacial score (nSPS) is 12.3. The van der Waals surface area contributed by atoms with E-state index in [4.69, 9.17) is 0 Å². The first-order chi connectivity index (χ1) is 10.1. The van der Waals surface area contributed by atoms with Gasteiger partial charge in [-0.2, -0.15) is 26.3 Å². The summed E-state index contributed by atoms with van der Waals surface area (Å²) in [5.41, 5.74) is -2.20. The van der Waals surface area contributed by atoms with Gasteiger partial charge in [0.25, 0.3) is 0 Å². The first-order valence-corrected chi connectivity index (χ1v) is 5.92. The van der Waals surface area contributed by atoms with Crippen LogP contribution in [0.3, 0.4) is 0 Å². The van der Waals surface area contributed by atoms with Gasteiger partial charge in [-0.15, -0.1) is 0 Å². The number of aromatic nitrogens is 1. The van der Waals surface area contributed by atoms with Crippen LogP contribution in [0, 0.1) is 0 Å². The van der Waals surface area contributed by atoms with Gasteiger partial charge in [-0.3, -0.25) is 0 Å². The first-order valence-electron chi connectivity index (χ1n) is 5.92. The molecule has 0 aliphatic heterocycles. The minimum Gasteiger partial charge on any atom is -0.481 e. The first kappa shape index (κ1) is 16.1. The number of hydrogen-bond acceptors (Lipinski definition) is 2. The van der Waals surface area contributed by atoms with E-state index in [0.717, 1.165) is 31.5 Å². The summed E-state index contributed by atoms with van der Waals surface area (Å²) in [6.07, 6.45) is -8.28. The topological polar surface area (TPSA) is 22.1 Å². The zero-order chi connectivity index (χ0) is 16.5. The largest absolute Gasteiger partial charge is 0.481 e. The number of alkyl halides is 6. The lowest BCUT2D eigenvalue weighted by atomic mass is 10.0. The van der Waals surface area contributed by atoms with Crippen molar-refractivity contribution in [1.29, 1.82) is 0 Å². The van der Waals surface area contributed by atoms with E-state index in [9.17, 15) is 26.3 Å². The van der Waals surface area contributed by atoms with Crippen molar-refractivity contribution in [1.82, 2.24) is 4.98 Å². The highest BCUT2D eigenvalue weighted by atomic mass is 19.4. The van der Waals surface area contributed by atoms with Gasteiger partial charge in [0.15, 0.2) is 0 Å². The highest BCUT2D eigenvalue weighted by Gasteiger charge is 2.36. The number of ether oxygens (including phenoxy) is 1. The molecule has 1 aromatic carbocycles. The van der Waals surface area contributed by atoms with Crippen LogP contribution >= 0.6 is 0 Å². The Morgan fingerprint density at radius 3 is 2.14 bits per heavy atom. The molecule has 0 N–H and O–H groups in total. The standard InChI is InChI=1S/C14H9F6NO/c1-22-12-11(14(18,19)20)6-9(7-21-12)8-3-2-4-10(5-8)13(15,16)17/h2-7H,1H3. The lowest BCUT2D eigenvalue weighted by Gasteiger charge is -2.13. The molecule has 0 aliphatic rings. The molecule has 0 spiro atoms. The minimum absolute atomic E-state index is 0.0181. The van der Waals surface area contributed by atoms with Crippen LogP contribution in [0.2, 0.25) is 0 Å². The molecule has 2 rings (SSSR count). The predicted octanol–water partition coefficient (Wildman–Crippen LogP) is 4.79. The maximum absolute atomic E-state index is 12.9. The van der Waals surface area contributed by atoms with Crippen LogP contribution < -0.4 is 4.74 Å². The SMILES string of the molecule is COc1ncc(-c2cccc(C(F)(F)F)c2)cc1C(F)(F)F. The molecule has 0 unspecified atom stereocenters. The van der Waals surface area contributed by atoms with E-state index >= 15 is 0 Å². The van der Waals surface area contributed by atoms with Gasteiger partial charge in [-0.05, 0) is 23.8 Å². The maximum Gasteiger partial charge on any atom is 0.421 e. The van der Waals surface area contributed by atoms with Gasteiger partial charge < -0.3 is 4.74 Å². The minimum atomic E-state index is -4.73. The molecule has 0 saturated heterocycles. The Balaban J connectivity index is 2.55. The summed E-state index contributed by atoms with van der Waals surface area (Å²) < 4.78 is 81.2. The highest BCUT2D eigenvalue weighted by molar-refractivity contribution is 5.65. The van der Waals surface area contributed by atoms with Gasteiger partial charge in [0.05, 0.1) is 12.7 Å². The number of nitrogens with zero attached hydrogens (tertiary/aromatic N) is 1. The van der Waals surface area contributed by atoms with Gasteiger partial charge in [-0.1, -0.05) is 12.1 Å². The molecule has 1 aromatic heterocycles. The van der Waals surface area contributed by atoms with E-state index < -0.39 is 29.4 Å². The quantitative estimate of drug-likeness (QED) is 0.742. The maximum atomic E-state index is 12.9. The molecule has 2 aromatic rings. The van der Waals surface area contributed by atoms with Crippen molar-refractivity contribution < 1.29 is 31.1 Å². The zero-order valence-electron chi connectivity index (χ0n) is 11.1. The molecule has 0 radical (unpaired) electrons.